The molecule has 0 saturated carbocycles. The minimum Gasteiger partial charge on any atom is -0.352 e. The number of carbonyl (C=O) groups excluding carboxylic acids is 1. The van der Waals surface area contributed by atoms with Gasteiger partial charge in [-0.1, -0.05) is 29.5 Å². The van der Waals surface area contributed by atoms with Crippen molar-refractivity contribution in [3.8, 4) is 5.69 Å². The summed E-state index contributed by atoms with van der Waals surface area (Å²) in [4.78, 5) is 19.7. The second kappa shape index (κ2) is 8.90. The first kappa shape index (κ1) is 21.5. The molecule has 9 heteroatoms. The summed E-state index contributed by atoms with van der Waals surface area (Å²) < 4.78 is 29.4. The zero-order chi connectivity index (χ0) is 22.9. The number of carbonyl (C=O) groups is 1. The Morgan fingerprint density at radius 3 is 2.79 bits per heavy atom. The second-order valence-corrected chi connectivity index (χ2v) is 9.23. The highest BCUT2D eigenvalue weighted by Gasteiger charge is 2.28. The highest BCUT2D eigenvalue weighted by molar-refractivity contribution is 7.22. The fraction of sp³-hybridized carbons (Fsp3) is 0.292. The maximum Gasteiger partial charge on any atom is 0.225 e. The molecule has 1 saturated heterocycles. The van der Waals surface area contributed by atoms with E-state index in [1.54, 1.807) is 40.3 Å². The van der Waals surface area contributed by atoms with Gasteiger partial charge in [0.2, 0.25) is 5.91 Å². The Bertz CT molecular complexity index is 1300. The summed E-state index contributed by atoms with van der Waals surface area (Å²) in [6.07, 6.45) is 1.70. The van der Waals surface area contributed by atoms with Gasteiger partial charge in [-0.15, -0.1) is 0 Å². The van der Waals surface area contributed by atoms with Crippen LogP contribution in [0.3, 0.4) is 0 Å². The van der Waals surface area contributed by atoms with Gasteiger partial charge in [-0.05, 0) is 55.7 Å². The molecule has 33 heavy (non-hydrogen) atoms. The molecular weight excluding hydrogens is 444 g/mol. The van der Waals surface area contributed by atoms with Gasteiger partial charge in [0.05, 0.1) is 22.0 Å². The first-order chi connectivity index (χ1) is 16.0. The van der Waals surface area contributed by atoms with E-state index in [2.05, 4.69) is 15.3 Å². The maximum atomic E-state index is 13.7. The van der Waals surface area contributed by atoms with Crippen molar-refractivity contribution < 1.29 is 13.6 Å². The SMILES string of the molecule is Cc1nn(-c2cccc(F)c2)c2nc(N3CCC[C@@H](C(=O)NCc4ccc(F)cc4)C3)sc12. The highest BCUT2D eigenvalue weighted by Crippen LogP contribution is 2.34. The lowest BCUT2D eigenvalue weighted by atomic mass is 9.97. The summed E-state index contributed by atoms with van der Waals surface area (Å²) in [5.74, 6) is -0.770. The first-order valence-corrected chi connectivity index (χ1v) is 11.7. The Balaban J connectivity index is 1.32. The van der Waals surface area contributed by atoms with Crippen molar-refractivity contribution in [1.29, 1.82) is 0 Å². The van der Waals surface area contributed by atoms with Crippen LogP contribution in [0, 0.1) is 24.5 Å². The van der Waals surface area contributed by atoms with Crippen molar-refractivity contribution in [3.05, 3.63) is 71.4 Å². The van der Waals surface area contributed by atoms with Crippen molar-refractivity contribution in [1.82, 2.24) is 20.1 Å². The summed E-state index contributed by atoms with van der Waals surface area (Å²) in [6, 6.07) is 12.4. The smallest absolute Gasteiger partial charge is 0.225 e. The van der Waals surface area contributed by atoms with Gasteiger partial charge >= 0.3 is 0 Å². The van der Waals surface area contributed by atoms with Gasteiger partial charge in [0.1, 0.15) is 11.6 Å². The summed E-state index contributed by atoms with van der Waals surface area (Å²) in [5.41, 5.74) is 3.02. The number of benzene rings is 2. The lowest BCUT2D eigenvalue weighted by Gasteiger charge is -2.31. The Labute approximate surface area is 193 Å². The summed E-state index contributed by atoms with van der Waals surface area (Å²) in [5, 5.41) is 8.35. The van der Waals surface area contributed by atoms with Crippen molar-refractivity contribution in [2.24, 2.45) is 5.92 Å². The second-order valence-electron chi connectivity index (χ2n) is 8.26. The van der Waals surface area contributed by atoms with Crippen molar-refractivity contribution >= 4 is 32.7 Å². The minimum absolute atomic E-state index is 0.00717. The predicted octanol–water partition coefficient (Wildman–Crippen LogP) is 4.60. The molecular formula is C24H23F2N5OS. The van der Waals surface area contributed by atoms with Gasteiger partial charge < -0.3 is 10.2 Å². The van der Waals surface area contributed by atoms with Gasteiger partial charge in [0.25, 0.3) is 0 Å². The zero-order valence-electron chi connectivity index (χ0n) is 18.1. The number of aryl methyl sites for hydroxylation is 1. The van der Waals surface area contributed by atoms with Gasteiger partial charge in [-0.25, -0.2) is 13.5 Å². The fourth-order valence-corrected chi connectivity index (χ4v) is 5.17. The fourth-order valence-electron chi connectivity index (χ4n) is 4.15. The predicted molar refractivity (Wildman–Crippen MR) is 125 cm³/mol. The summed E-state index contributed by atoms with van der Waals surface area (Å²) >= 11 is 1.55. The lowest BCUT2D eigenvalue weighted by Crippen LogP contribution is -2.43. The van der Waals surface area contributed by atoms with Crippen LogP contribution in [0.5, 0.6) is 0 Å². The van der Waals surface area contributed by atoms with E-state index in [0.29, 0.717) is 24.4 Å². The van der Waals surface area contributed by atoms with Crippen LogP contribution in [-0.2, 0) is 11.3 Å². The van der Waals surface area contributed by atoms with E-state index in [1.807, 2.05) is 6.92 Å². The van der Waals surface area contributed by atoms with Gasteiger partial charge in [-0.3, -0.25) is 4.79 Å². The number of piperidine rings is 1. The highest BCUT2D eigenvalue weighted by atomic mass is 32.1. The van der Waals surface area contributed by atoms with E-state index in [1.165, 1.54) is 24.3 Å². The Hall–Kier alpha value is -3.33. The topological polar surface area (TPSA) is 63.1 Å². The van der Waals surface area contributed by atoms with E-state index in [-0.39, 0.29) is 23.5 Å². The number of amides is 1. The minimum atomic E-state index is -0.324. The molecule has 1 fully saturated rings. The molecule has 1 amide bonds. The molecule has 1 N–H and O–H groups in total. The number of hydrogen-bond acceptors (Lipinski definition) is 5. The molecule has 0 aliphatic carbocycles. The summed E-state index contributed by atoms with van der Waals surface area (Å²) in [6.45, 7) is 3.70. The number of halogens is 2. The molecule has 6 nitrogen and oxygen atoms in total. The van der Waals surface area contributed by atoms with Crippen molar-refractivity contribution in [2.75, 3.05) is 18.0 Å². The summed E-state index contributed by atoms with van der Waals surface area (Å²) in [7, 11) is 0. The Kier molecular flexibility index (Phi) is 5.80. The van der Waals surface area contributed by atoms with Crippen LogP contribution in [0.2, 0.25) is 0 Å². The molecule has 1 atom stereocenters. The molecule has 1 aliphatic heterocycles. The van der Waals surface area contributed by atoms with E-state index >= 15 is 0 Å². The molecule has 0 spiro atoms. The number of anilines is 1. The normalized spacial score (nSPS) is 16.3. The number of thiazole rings is 1. The Morgan fingerprint density at radius 1 is 1.18 bits per heavy atom. The number of aromatic nitrogens is 3. The third-order valence-corrected chi connectivity index (χ3v) is 7.09. The van der Waals surface area contributed by atoms with Crippen molar-refractivity contribution in [3.63, 3.8) is 0 Å². The third kappa shape index (κ3) is 4.45. The van der Waals surface area contributed by atoms with E-state index in [4.69, 9.17) is 4.98 Å². The van der Waals surface area contributed by atoms with Crippen LogP contribution in [-0.4, -0.2) is 33.8 Å². The molecule has 0 bridgehead atoms. The average molecular weight is 468 g/mol. The van der Waals surface area contributed by atoms with Crippen molar-refractivity contribution in [2.45, 2.75) is 26.3 Å². The molecule has 3 heterocycles. The van der Waals surface area contributed by atoms with E-state index in [9.17, 15) is 13.6 Å². The number of nitrogens with zero attached hydrogens (tertiary/aromatic N) is 4. The Morgan fingerprint density at radius 2 is 2.00 bits per heavy atom. The molecule has 0 unspecified atom stereocenters. The lowest BCUT2D eigenvalue weighted by molar-refractivity contribution is -0.125. The standard InChI is InChI=1S/C24H23F2N5OS/c1-15-21-22(31(29-15)20-6-2-5-19(26)12-20)28-24(33-21)30-11-3-4-17(14-30)23(32)27-13-16-7-9-18(25)10-8-16/h2,5-10,12,17H,3-4,11,13-14H2,1H3,(H,27,32)/t17-/m1/s1. The third-order valence-electron chi connectivity index (χ3n) is 5.87. The number of hydrogen-bond donors (Lipinski definition) is 1. The quantitative estimate of drug-likeness (QED) is 0.466. The molecule has 4 aromatic rings. The van der Waals surface area contributed by atoms with Gasteiger partial charge in [0.15, 0.2) is 10.8 Å². The van der Waals surface area contributed by atoms with E-state index in [0.717, 1.165) is 40.5 Å². The molecule has 170 valence electrons. The number of rotatable bonds is 5. The zero-order valence-corrected chi connectivity index (χ0v) is 18.9. The molecule has 1 aliphatic rings. The maximum absolute atomic E-state index is 13.7. The van der Waals surface area contributed by atoms with Gasteiger partial charge in [0, 0.05) is 19.6 Å². The van der Waals surface area contributed by atoms with Crippen LogP contribution >= 0.6 is 11.3 Å². The van der Waals surface area contributed by atoms with Crippen LogP contribution in [0.25, 0.3) is 16.0 Å². The van der Waals surface area contributed by atoms with Crippen LogP contribution in [0.15, 0.2) is 48.5 Å². The van der Waals surface area contributed by atoms with Crippen LogP contribution in [0.4, 0.5) is 13.9 Å². The van der Waals surface area contributed by atoms with Crippen LogP contribution in [0.1, 0.15) is 24.1 Å². The van der Waals surface area contributed by atoms with Gasteiger partial charge in [-0.2, -0.15) is 10.1 Å². The number of fused-ring (bicyclic) bond motifs is 1. The molecule has 2 aromatic heterocycles. The monoisotopic (exact) mass is 467 g/mol. The molecule has 5 rings (SSSR count). The number of nitrogens with one attached hydrogen (secondary N) is 1. The largest absolute Gasteiger partial charge is 0.352 e. The first-order valence-electron chi connectivity index (χ1n) is 10.9. The molecule has 0 radical (unpaired) electrons. The van der Waals surface area contributed by atoms with E-state index < -0.39 is 0 Å². The molecule has 2 aromatic carbocycles. The van der Waals surface area contributed by atoms with Crippen LogP contribution < -0.4 is 10.2 Å². The average Bonchev–Trinajstić information content (AvgIpc) is 3.39.